The molecule has 0 saturated heterocycles. The van der Waals surface area contributed by atoms with Crippen LogP contribution in [0.1, 0.15) is 12.5 Å². The number of ether oxygens (including phenoxy) is 1. The molecule has 0 aliphatic carbocycles. The van der Waals surface area contributed by atoms with Crippen molar-refractivity contribution >= 4 is 28.9 Å². The van der Waals surface area contributed by atoms with Crippen molar-refractivity contribution in [2.75, 3.05) is 11.9 Å². The molecule has 1 N–H and O–H groups in total. The Hall–Kier alpha value is -1.38. The van der Waals surface area contributed by atoms with Gasteiger partial charge in [0.1, 0.15) is 11.9 Å². The molecule has 2 nitrogen and oxygen atoms in total. The van der Waals surface area contributed by atoms with Gasteiger partial charge in [0.15, 0.2) is 0 Å². The molecule has 2 aromatic carbocycles. The zero-order valence-corrected chi connectivity index (χ0v) is 13.0. The van der Waals surface area contributed by atoms with E-state index in [4.69, 9.17) is 27.9 Å². The van der Waals surface area contributed by atoms with Crippen LogP contribution >= 0.6 is 23.2 Å². The first kappa shape index (κ1) is 15.0. The van der Waals surface area contributed by atoms with E-state index < -0.39 is 0 Å². The van der Waals surface area contributed by atoms with Crippen molar-refractivity contribution < 1.29 is 4.74 Å². The lowest BCUT2D eigenvalue weighted by Gasteiger charge is -2.17. The zero-order chi connectivity index (χ0) is 14.5. The van der Waals surface area contributed by atoms with E-state index in [1.54, 1.807) is 0 Å². The fraction of sp³-hybridized carbons (Fsp3) is 0.250. The Morgan fingerprint density at radius 2 is 1.70 bits per heavy atom. The second-order valence-electron chi connectivity index (χ2n) is 4.72. The second-order valence-corrected chi connectivity index (χ2v) is 5.60. The van der Waals surface area contributed by atoms with Gasteiger partial charge in [-0.1, -0.05) is 29.3 Å². The molecule has 0 amide bonds. The number of nitrogens with one attached hydrogen (secondary N) is 1. The predicted octanol–water partition coefficient (Wildman–Crippen LogP) is 5.18. The summed E-state index contributed by atoms with van der Waals surface area (Å²) in [6, 6.07) is 13.2. The molecule has 2 aromatic rings. The van der Waals surface area contributed by atoms with Gasteiger partial charge >= 0.3 is 0 Å². The number of benzene rings is 2. The molecule has 0 unspecified atom stereocenters. The van der Waals surface area contributed by atoms with Crippen LogP contribution in [0.5, 0.6) is 5.75 Å². The van der Waals surface area contributed by atoms with Crippen molar-refractivity contribution in [2.24, 2.45) is 0 Å². The van der Waals surface area contributed by atoms with Gasteiger partial charge in [0.25, 0.3) is 0 Å². The maximum atomic E-state index is 5.99. The Morgan fingerprint density at radius 3 is 2.40 bits per heavy atom. The van der Waals surface area contributed by atoms with E-state index in [0.717, 1.165) is 22.0 Å². The quantitative estimate of drug-likeness (QED) is 0.821. The monoisotopic (exact) mass is 309 g/mol. The molecular weight excluding hydrogens is 293 g/mol. The summed E-state index contributed by atoms with van der Waals surface area (Å²) in [6.45, 7) is 4.76. The van der Waals surface area contributed by atoms with Gasteiger partial charge in [-0.05, 0) is 55.8 Å². The molecule has 0 aliphatic heterocycles. The minimum atomic E-state index is 0.0366. The van der Waals surface area contributed by atoms with Gasteiger partial charge in [0.05, 0.1) is 6.54 Å². The van der Waals surface area contributed by atoms with E-state index in [1.807, 2.05) is 56.3 Å². The Labute approximate surface area is 129 Å². The molecule has 4 heteroatoms. The lowest BCUT2D eigenvalue weighted by Crippen LogP contribution is -2.22. The van der Waals surface area contributed by atoms with Crippen molar-refractivity contribution in [3.05, 3.63) is 58.1 Å². The molecule has 0 heterocycles. The SMILES string of the molecule is Cc1ccc(Cl)cc1NC[C@@H](C)Oc1ccc(Cl)cc1. The normalized spacial score (nSPS) is 12.0. The standard InChI is InChI=1S/C16H17Cl2NO/c1-11-3-4-14(18)9-16(11)19-10-12(2)20-15-7-5-13(17)6-8-15/h3-9,12,19H,10H2,1-2H3/t12-/m1/s1. The minimum Gasteiger partial charge on any atom is -0.489 e. The molecule has 0 aliphatic rings. The van der Waals surface area contributed by atoms with E-state index in [-0.39, 0.29) is 6.10 Å². The highest BCUT2D eigenvalue weighted by Crippen LogP contribution is 2.21. The lowest BCUT2D eigenvalue weighted by atomic mass is 10.2. The van der Waals surface area contributed by atoms with Crippen molar-refractivity contribution in [2.45, 2.75) is 20.0 Å². The third-order valence-electron chi connectivity index (χ3n) is 2.93. The molecule has 0 fully saturated rings. The first-order valence-electron chi connectivity index (χ1n) is 6.47. The highest BCUT2D eigenvalue weighted by atomic mass is 35.5. The van der Waals surface area contributed by atoms with Crippen LogP contribution in [0.2, 0.25) is 10.0 Å². The topological polar surface area (TPSA) is 21.3 Å². The molecule has 0 spiro atoms. The lowest BCUT2D eigenvalue weighted by molar-refractivity contribution is 0.235. The minimum absolute atomic E-state index is 0.0366. The predicted molar refractivity (Wildman–Crippen MR) is 86.2 cm³/mol. The van der Waals surface area contributed by atoms with Crippen LogP contribution in [0.25, 0.3) is 0 Å². The zero-order valence-electron chi connectivity index (χ0n) is 11.5. The molecule has 1 atom stereocenters. The van der Waals surface area contributed by atoms with Gasteiger partial charge in [-0.25, -0.2) is 0 Å². The third-order valence-corrected chi connectivity index (χ3v) is 3.42. The van der Waals surface area contributed by atoms with E-state index in [1.165, 1.54) is 0 Å². The highest BCUT2D eigenvalue weighted by molar-refractivity contribution is 6.31. The maximum absolute atomic E-state index is 5.99. The van der Waals surface area contributed by atoms with Gasteiger partial charge in [-0.15, -0.1) is 0 Å². The van der Waals surface area contributed by atoms with Gasteiger partial charge in [0, 0.05) is 15.7 Å². The molecule has 0 aromatic heterocycles. The fourth-order valence-corrected chi connectivity index (χ4v) is 2.12. The van der Waals surface area contributed by atoms with Crippen LogP contribution in [0.3, 0.4) is 0 Å². The summed E-state index contributed by atoms with van der Waals surface area (Å²) < 4.78 is 5.81. The van der Waals surface area contributed by atoms with Crippen LogP contribution < -0.4 is 10.1 Å². The average molecular weight is 310 g/mol. The van der Waals surface area contributed by atoms with Crippen molar-refractivity contribution in [1.29, 1.82) is 0 Å². The summed E-state index contributed by atoms with van der Waals surface area (Å²) in [5, 5.41) is 4.78. The summed E-state index contributed by atoms with van der Waals surface area (Å²) in [5.41, 5.74) is 2.19. The molecule has 106 valence electrons. The summed E-state index contributed by atoms with van der Waals surface area (Å²) >= 11 is 11.8. The highest BCUT2D eigenvalue weighted by Gasteiger charge is 2.05. The van der Waals surface area contributed by atoms with Crippen LogP contribution in [0.15, 0.2) is 42.5 Å². The smallest absolute Gasteiger partial charge is 0.119 e. The Bertz CT molecular complexity index is 569. The summed E-state index contributed by atoms with van der Waals surface area (Å²) in [4.78, 5) is 0. The second kappa shape index (κ2) is 6.87. The number of aryl methyl sites for hydroxylation is 1. The Balaban J connectivity index is 1.90. The molecule has 2 rings (SSSR count). The molecular formula is C16H17Cl2NO. The van der Waals surface area contributed by atoms with Gasteiger partial charge < -0.3 is 10.1 Å². The van der Waals surface area contributed by atoms with Crippen LogP contribution in [0.4, 0.5) is 5.69 Å². The number of hydrogen-bond donors (Lipinski definition) is 1. The van der Waals surface area contributed by atoms with E-state index in [9.17, 15) is 0 Å². The van der Waals surface area contributed by atoms with Gasteiger partial charge in [-0.2, -0.15) is 0 Å². The molecule has 0 radical (unpaired) electrons. The van der Waals surface area contributed by atoms with E-state index in [2.05, 4.69) is 5.32 Å². The third kappa shape index (κ3) is 4.32. The average Bonchev–Trinajstić information content (AvgIpc) is 2.42. The van der Waals surface area contributed by atoms with Crippen LogP contribution in [0, 0.1) is 6.92 Å². The summed E-state index contributed by atoms with van der Waals surface area (Å²) in [7, 11) is 0. The van der Waals surface area contributed by atoms with Gasteiger partial charge in [0.2, 0.25) is 0 Å². The van der Waals surface area contributed by atoms with Crippen molar-refractivity contribution in [3.63, 3.8) is 0 Å². The molecule has 20 heavy (non-hydrogen) atoms. The fourth-order valence-electron chi connectivity index (χ4n) is 1.83. The molecule has 0 bridgehead atoms. The number of anilines is 1. The van der Waals surface area contributed by atoms with Crippen LogP contribution in [-0.2, 0) is 0 Å². The number of rotatable bonds is 5. The van der Waals surface area contributed by atoms with Gasteiger partial charge in [-0.3, -0.25) is 0 Å². The summed E-state index contributed by atoms with van der Waals surface area (Å²) in [5.74, 6) is 0.812. The van der Waals surface area contributed by atoms with Crippen LogP contribution in [-0.4, -0.2) is 12.6 Å². The first-order valence-corrected chi connectivity index (χ1v) is 7.22. The Kier molecular flexibility index (Phi) is 5.16. The van der Waals surface area contributed by atoms with E-state index in [0.29, 0.717) is 11.6 Å². The Morgan fingerprint density at radius 1 is 1.05 bits per heavy atom. The van der Waals surface area contributed by atoms with Crippen molar-refractivity contribution in [3.8, 4) is 5.75 Å². The van der Waals surface area contributed by atoms with E-state index >= 15 is 0 Å². The number of hydrogen-bond acceptors (Lipinski definition) is 2. The molecule has 0 saturated carbocycles. The summed E-state index contributed by atoms with van der Waals surface area (Å²) in [6.07, 6.45) is 0.0366. The first-order chi connectivity index (χ1) is 9.54. The van der Waals surface area contributed by atoms with Crippen molar-refractivity contribution in [1.82, 2.24) is 0 Å². The largest absolute Gasteiger partial charge is 0.489 e. The number of halogens is 2. The maximum Gasteiger partial charge on any atom is 0.119 e.